The first kappa shape index (κ1) is 9.86. The Morgan fingerprint density at radius 1 is 1.06 bits per heavy atom. The van der Waals surface area contributed by atoms with Gasteiger partial charge in [0.05, 0.1) is 17.6 Å². The van der Waals surface area contributed by atoms with Crippen LogP contribution in [0.25, 0.3) is 0 Å². The van der Waals surface area contributed by atoms with E-state index in [4.69, 9.17) is 5.73 Å². The fourth-order valence-corrected chi connectivity index (χ4v) is 5.07. The van der Waals surface area contributed by atoms with Gasteiger partial charge in [0.1, 0.15) is 0 Å². The van der Waals surface area contributed by atoms with Gasteiger partial charge in [-0.15, -0.1) is 0 Å². The smallest absolute Gasteiger partial charge is 0.0726 e. The van der Waals surface area contributed by atoms with Crippen molar-refractivity contribution in [3.8, 4) is 0 Å². The summed E-state index contributed by atoms with van der Waals surface area (Å²) in [6.45, 7) is 0. The van der Waals surface area contributed by atoms with Gasteiger partial charge in [-0.05, 0) is 62.3 Å². The zero-order valence-electron chi connectivity index (χ0n) is 10.1. The largest absolute Gasteiger partial charge is 0.397 e. The fraction of sp³-hybridized carbons (Fsp3) is 0.714. The predicted octanol–water partition coefficient (Wildman–Crippen LogP) is 2.53. The van der Waals surface area contributed by atoms with Crippen LogP contribution >= 0.6 is 0 Å². The fourth-order valence-electron chi connectivity index (χ4n) is 5.07. The van der Waals surface area contributed by atoms with Crippen LogP contribution in [-0.2, 0) is 5.41 Å². The highest BCUT2D eigenvalue weighted by molar-refractivity contribution is 5.38. The average molecular weight is 229 g/mol. The molecule has 0 radical (unpaired) electrons. The minimum Gasteiger partial charge on any atom is -0.397 e. The standard InChI is InChI=1S/C14H19N3/c15-12-4-13(17-16-8-12)14-5-9-1-10(6-14)3-11(2-9)7-14/h4,8-11H,1-3,5-7H2,(H2,15,17). The van der Waals surface area contributed by atoms with E-state index in [-0.39, 0.29) is 0 Å². The van der Waals surface area contributed by atoms with Gasteiger partial charge in [0.2, 0.25) is 0 Å². The van der Waals surface area contributed by atoms with Crippen molar-refractivity contribution >= 4 is 5.69 Å². The number of hydrogen-bond acceptors (Lipinski definition) is 3. The Kier molecular flexibility index (Phi) is 1.86. The maximum Gasteiger partial charge on any atom is 0.0726 e. The Balaban J connectivity index is 1.77. The molecule has 0 atom stereocenters. The molecule has 0 spiro atoms. The van der Waals surface area contributed by atoms with Gasteiger partial charge < -0.3 is 5.73 Å². The molecule has 5 rings (SSSR count). The van der Waals surface area contributed by atoms with Crippen LogP contribution in [0, 0.1) is 17.8 Å². The van der Waals surface area contributed by atoms with Crippen LogP contribution in [-0.4, -0.2) is 10.2 Å². The van der Waals surface area contributed by atoms with Gasteiger partial charge in [-0.2, -0.15) is 10.2 Å². The number of nitrogen functional groups attached to an aromatic ring is 1. The summed E-state index contributed by atoms with van der Waals surface area (Å²) >= 11 is 0. The molecule has 1 aromatic rings. The van der Waals surface area contributed by atoms with Gasteiger partial charge in [0.25, 0.3) is 0 Å². The third-order valence-corrected chi connectivity index (χ3v) is 5.26. The Bertz CT molecular complexity index is 419. The van der Waals surface area contributed by atoms with Crippen LogP contribution in [0.15, 0.2) is 12.3 Å². The molecule has 3 heteroatoms. The second-order valence-electron chi connectivity index (χ2n) is 6.57. The second kappa shape index (κ2) is 3.21. The van der Waals surface area contributed by atoms with Crippen molar-refractivity contribution in [3.63, 3.8) is 0 Å². The molecule has 0 aromatic carbocycles. The summed E-state index contributed by atoms with van der Waals surface area (Å²) in [5.41, 5.74) is 8.15. The number of anilines is 1. The molecule has 4 bridgehead atoms. The zero-order chi connectivity index (χ0) is 11.5. The van der Waals surface area contributed by atoms with Crippen molar-refractivity contribution in [2.75, 3.05) is 5.73 Å². The van der Waals surface area contributed by atoms with Crippen molar-refractivity contribution in [1.29, 1.82) is 0 Å². The molecule has 2 N–H and O–H groups in total. The molecule has 0 unspecified atom stereocenters. The van der Waals surface area contributed by atoms with Crippen molar-refractivity contribution in [1.82, 2.24) is 10.2 Å². The minimum absolute atomic E-state index is 0.330. The molecule has 4 saturated carbocycles. The minimum atomic E-state index is 0.330. The van der Waals surface area contributed by atoms with Crippen molar-refractivity contribution in [2.24, 2.45) is 17.8 Å². The lowest BCUT2D eigenvalue weighted by Crippen LogP contribution is -2.49. The lowest BCUT2D eigenvalue weighted by atomic mass is 9.49. The molecule has 0 aliphatic heterocycles. The maximum absolute atomic E-state index is 5.87. The van der Waals surface area contributed by atoms with Crippen LogP contribution < -0.4 is 5.73 Å². The maximum atomic E-state index is 5.87. The molecule has 90 valence electrons. The van der Waals surface area contributed by atoms with Crippen LogP contribution in [0.2, 0.25) is 0 Å². The Hall–Kier alpha value is -1.12. The van der Waals surface area contributed by atoms with E-state index >= 15 is 0 Å². The molecule has 3 nitrogen and oxygen atoms in total. The summed E-state index contributed by atoms with van der Waals surface area (Å²) in [5.74, 6) is 2.85. The van der Waals surface area contributed by atoms with Crippen LogP contribution in [0.3, 0.4) is 0 Å². The molecule has 17 heavy (non-hydrogen) atoms. The molecule has 4 aliphatic carbocycles. The summed E-state index contributed by atoms with van der Waals surface area (Å²) in [5, 5.41) is 8.47. The molecule has 1 heterocycles. The number of aromatic nitrogens is 2. The van der Waals surface area contributed by atoms with Crippen LogP contribution in [0.5, 0.6) is 0 Å². The van der Waals surface area contributed by atoms with E-state index in [0.717, 1.165) is 23.4 Å². The average Bonchev–Trinajstić information content (AvgIpc) is 2.27. The van der Waals surface area contributed by atoms with Gasteiger partial charge in [-0.25, -0.2) is 0 Å². The quantitative estimate of drug-likeness (QED) is 0.805. The summed E-state index contributed by atoms with van der Waals surface area (Å²) in [7, 11) is 0. The van der Waals surface area contributed by atoms with E-state index in [9.17, 15) is 0 Å². The van der Waals surface area contributed by atoms with Gasteiger partial charge in [0, 0.05) is 5.41 Å². The Labute approximate surface area is 102 Å². The Morgan fingerprint density at radius 3 is 2.18 bits per heavy atom. The highest BCUT2D eigenvalue weighted by atomic mass is 15.1. The van der Waals surface area contributed by atoms with Crippen molar-refractivity contribution in [3.05, 3.63) is 18.0 Å². The van der Waals surface area contributed by atoms with Gasteiger partial charge in [-0.3, -0.25) is 0 Å². The van der Waals surface area contributed by atoms with Gasteiger partial charge in [0.15, 0.2) is 0 Å². The number of hydrogen-bond donors (Lipinski definition) is 1. The highest BCUT2D eigenvalue weighted by Crippen LogP contribution is 2.60. The number of rotatable bonds is 1. The second-order valence-corrected chi connectivity index (χ2v) is 6.57. The lowest BCUT2D eigenvalue weighted by molar-refractivity contribution is -0.00756. The topological polar surface area (TPSA) is 51.8 Å². The van der Waals surface area contributed by atoms with Crippen LogP contribution in [0.1, 0.15) is 44.2 Å². The van der Waals surface area contributed by atoms with E-state index in [1.807, 2.05) is 0 Å². The molecular weight excluding hydrogens is 210 g/mol. The molecule has 4 fully saturated rings. The highest BCUT2D eigenvalue weighted by Gasteiger charge is 2.52. The zero-order valence-corrected chi connectivity index (χ0v) is 10.1. The summed E-state index contributed by atoms with van der Waals surface area (Å²) in [6.07, 6.45) is 10.0. The predicted molar refractivity (Wildman–Crippen MR) is 66.3 cm³/mol. The first-order chi connectivity index (χ1) is 8.23. The van der Waals surface area contributed by atoms with E-state index in [1.54, 1.807) is 6.20 Å². The molecule has 0 saturated heterocycles. The molecule has 0 amide bonds. The van der Waals surface area contributed by atoms with E-state index < -0.39 is 0 Å². The summed E-state index contributed by atoms with van der Waals surface area (Å²) in [6, 6.07) is 2.07. The third kappa shape index (κ3) is 1.41. The van der Waals surface area contributed by atoms with E-state index in [0.29, 0.717) is 5.41 Å². The number of nitrogens with two attached hydrogens (primary N) is 1. The van der Waals surface area contributed by atoms with E-state index in [2.05, 4.69) is 16.3 Å². The lowest BCUT2D eigenvalue weighted by Gasteiger charge is -2.56. The monoisotopic (exact) mass is 229 g/mol. The molecular formula is C14H19N3. The van der Waals surface area contributed by atoms with Gasteiger partial charge in [-0.1, -0.05) is 0 Å². The molecule has 4 aliphatic rings. The summed E-state index contributed by atoms with van der Waals surface area (Å²) in [4.78, 5) is 0. The van der Waals surface area contributed by atoms with Crippen LogP contribution in [0.4, 0.5) is 5.69 Å². The van der Waals surface area contributed by atoms with Crippen molar-refractivity contribution < 1.29 is 0 Å². The number of nitrogens with zero attached hydrogens (tertiary/aromatic N) is 2. The summed E-state index contributed by atoms with van der Waals surface area (Å²) < 4.78 is 0. The van der Waals surface area contributed by atoms with Crippen molar-refractivity contribution in [2.45, 2.75) is 43.9 Å². The Morgan fingerprint density at radius 2 is 1.65 bits per heavy atom. The van der Waals surface area contributed by atoms with E-state index in [1.165, 1.54) is 44.2 Å². The first-order valence-electron chi connectivity index (χ1n) is 6.82. The molecule has 1 aromatic heterocycles. The first-order valence-corrected chi connectivity index (χ1v) is 6.82. The third-order valence-electron chi connectivity index (χ3n) is 5.26. The normalized spacial score (nSPS) is 42.9. The SMILES string of the molecule is Nc1cnnc(C23CC4CC(CC(C4)C2)C3)c1. The van der Waals surface area contributed by atoms with Gasteiger partial charge >= 0.3 is 0 Å².